The summed E-state index contributed by atoms with van der Waals surface area (Å²) in [6.07, 6.45) is 1.72. The van der Waals surface area contributed by atoms with Gasteiger partial charge in [-0.3, -0.25) is 5.10 Å². The van der Waals surface area contributed by atoms with Crippen molar-refractivity contribution in [3.8, 4) is 11.3 Å². The van der Waals surface area contributed by atoms with Gasteiger partial charge in [0.2, 0.25) is 0 Å². The Hall–Kier alpha value is -2.62. The first-order chi connectivity index (χ1) is 9.83. The number of nitrogens with one attached hydrogen (secondary N) is 2. The summed E-state index contributed by atoms with van der Waals surface area (Å²) in [5, 5.41) is 10.1. The minimum Gasteiger partial charge on any atom is -0.381 e. The van der Waals surface area contributed by atoms with E-state index in [0.717, 1.165) is 16.9 Å². The summed E-state index contributed by atoms with van der Waals surface area (Å²) in [6.45, 7) is 0.457. The van der Waals surface area contributed by atoms with Crippen molar-refractivity contribution >= 4 is 5.69 Å². The summed E-state index contributed by atoms with van der Waals surface area (Å²) in [6, 6.07) is 16.6. The fraction of sp³-hybridized carbons (Fsp3) is 0.0625. The van der Waals surface area contributed by atoms with Crippen molar-refractivity contribution in [3.05, 3.63) is 72.2 Å². The van der Waals surface area contributed by atoms with Crippen LogP contribution in [-0.2, 0) is 6.54 Å². The third kappa shape index (κ3) is 2.69. The molecular weight excluding hydrogens is 253 g/mol. The lowest BCUT2D eigenvalue weighted by atomic mass is 10.1. The number of benzene rings is 2. The number of rotatable bonds is 4. The van der Waals surface area contributed by atoms with Crippen LogP contribution < -0.4 is 5.32 Å². The Morgan fingerprint density at radius 1 is 1.05 bits per heavy atom. The van der Waals surface area contributed by atoms with Gasteiger partial charge < -0.3 is 5.32 Å². The molecule has 0 aliphatic carbocycles. The quantitative estimate of drug-likeness (QED) is 0.754. The van der Waals surface area contributed by atoms with Gasteiger partial charge in [-0.25, -0.2) is 4.39 Å². The number of halogens is 1. The molecule has 0 fully saturated rings. The van der Waals surface area contributed by atoms with Crippen LogP contribution in [-0.4, -0.2) is 10.2 Å². The normalized spacial score (nSPS) is 10.4. The summed E-state index contributed by atoms with van der Waals surface area (Å²) in [5.41, 5.74) is 3.60. The molecule has 1 heterocycles. The molecule has 0 saturated carbocycles. The smallest absolute Gasteiger partial charge is 0.128 e. The molecular formula is C16H14FN3. The molecule has 0 spiro atoms. The average molecular weight is 267 g/mol. The Kier molecular flexibility index (Phi) is 3.46. The molecule has 0 aliphatic heterocycles. The molecule has 4 heteroatoms. The van der Waals surface area contributed by atoms with Gasteiger partial charge in [-0.1, -0.05) is 30.3 Å². The third-order valence-corrected chi connectivity index (χ3v) is 3.12. The van der Waals surface area contributed by atoms with Crippen LogP contribution in [0.2, 0.25) is 0 Å². The highest BCUT2D eigenvalue weighted by atomic mass is 19.1. The van der Waals surface area contributed by atoms with E-state index < -0.39 is 0 Å². The molecule has 1 aromatic heterocycles. The lowest BCUT2D eigenvalue weighted by molar-refractivity contribution is 0.613. The highest BCUT2D eigenvalue weighted by molar-refractivity contribution is 5.64. The molecule has 0 aliphatic rings. The van der Waals surface area contributed by atoms with E-state index in [1.54, 1.807) is 18.3 Å². The van der Waals surface area contributed by atoms with Crippen LogP contribution in [0.5, 0.6) is 0 Å². The van der Waals surface area contributed by atoms with E-state index in [9.17, 15) is 4.39 Å². The SMILES string of the molecule is Fc1ccccc1CNc1cccc(-c2ccn[nH]2)c1. The van der Waals surface area contributed by atoms with Gasteiger partial charge in [-0.15, -0.1) is 0 Å². The summed E-state index contributed by atoms with van der Waals surface area (Å²) < 4.78 is 13.5. The van der Waals surface area contributed by atoms with Crippen LogP contribution in [0.3, 0.4) is 0 Å². The number of anilines is 1. The van der Waals surface area contributed by atoms with Gasteiger partial charge in [0.25, 0.3) is 0 Å². The molecule has 100 valence electrons. The predicted octanol–water partition coefficient (Wildman–Crippen LogP) is 3.83. The third-order valence-electron chi connectivity index (χ3n) is 3.12. The average Bonchev–Trinajstić information content (AvgIpc) is 3.01. The van der Waals surface area contributed by atoms with Crippen LogP contribution in [0.25, 0.3) is 11.3 Å². The van der Waals surface area contributed by atoms with Crippen LogP contribution in [0.15, 0.2) is 60.8 Å². The van der Waals surface area contributed by atoms with Crippen LogP contribution in [0.4, 0.5) is 10.1 Å². The van der Waals surface area contributed by atoms with Crippen LogP contribution >= 0.6 is 0 Å². The van der Waals surface area contributed by atoms with E-state index in [2.05, 4.69) is 15.5 Å². The molecule has 20 heavy (non-hydrogen) atoms. The van der Waals surface area contributed by atoms with Gasteiger partial charge in [-0.05, 0) is 24.3 Å². The molecule has 2 aromatic carbocycles. The summed E-state index contributed by atoms with van der Waals surface area (Å²) in [5.74, 6) is -0.190. The number of hydrogen-bond donors (Lipinski definition) is 2. The highest BCUT2D eigenvalue weighted by Gasteiger charge is 2.02. The zero-order valence-electron chi connectivity index (χ0n) is 10.8. The predicted molar refractivity (Wildman–Crippen MR) is 77.8 cm³/mol. The fourth-order valence-corrected chi connectivity index (χ4v) is 2.05. The topological polar surface area (TPSA) is 40.7 Å². The lowest BCUT2D eigenvalue weighted by Gasteiger charge is -2.08. The van der Waals surface area contributed by atoms with Crippen molar-refractivity contribution in [1.82, 2.24) is 10.2 Å². The Bertz CT molecular complexity index is 692. The Labute approximate surface area is 116 Å². The van der Waals surface area contributed by atoms with Crippen molar-refractivity contribution in [1.29, 1.82) is 0 Å². The van der Waals surface area contributed by atoms with E-state index in [1.165, 1.54) is 6.07 Å². The van der Waals surface area contributed by atoms with Crippen LogP contribution in [0.1, 0.15) is 5.56 Å². The number of aromatic nitrogens is 2. The summed E-state index contributed by atoms with van der Waals surface area (Å²) in [7, 11) is 0. The Balaban J connectivity index is 1.75. The van der Waals surface area contributed by atoms with Gasteiger partial charge in [0.15, 0.2) is 0 Å². The maximum absolute atomic E-state index is 13.5. The van der Waals surface area contributed by atoms with Crippen LogP contribution in [0, 0.1) is 5.82 Å². The van der Waals surface area contributed by atoms with Crippen molar-refractivity contribution in [2.24, 2.45) is 0 Å². The molecule has 0 bridgehead atoms. The minimum absolute atomic E-state index is 0.190. The summed E-state index contributed by atoms with van der Waals surface area (Å²) >= 11 is 0. The van der Waals surface area contributed by atoms with Crippen molar-refractivity contribution in [3.63, 3.8) is 0 Å². The molecule has 0 atom stereocenters. The zero-order chi connectivity index (χ0) is 13.8. The van der Waals surface area contributed by atoms with Crippen molar-refractivity contribution < 1.29 is 4.39 Å². The second-order valence-corrected chi connectivity index (χ2v) is 4.50. The molecule has 2 N–H and O–H groups in total. The van der Waals surface area contributed by atoms with E-state index in [0.29, 0.717) is 12.1 Å². The van der Waals surface area contributed by atoms with Crippen molar-refractivity contribution in [2.75, 3.05) is 5.32 Å². The van der Waals surface area contributed by atoms with Crippen molar-refractivity contribution in [2.45, 2.75) is 6.54 Å². The number of nitrogens with zero attached hydrogens (tertiary/aromatic N) is 1. The maximum atomic E-state index is 13.5. The first-order valence-corrected chi connectivity index (χ1v) is 6.40. The Morgan fingerprint density at radius 3 is 2.75 bits per heavy atom. The second-order valence-electron chi connectivity index (χ2n) is 4.50. The second kappa shape index (κ2) is 5.57. The molecule has 0 amide bonds. The minimum atomic E-state index is -0.190. The molecule has 3 aromatic rings. The molecule has 3 nitrogen and oxygen atoms in total. The van der Waals surface area contributed by atoms with Gasteiger partial charge in [0, 0.05) is 29.6 Å². The monoisotopic (exact) mass is 267 g/mol. The molecule has 0 saturated heterocycles. The van der Waals surface area contributed by atoms with Gasteiger partial charge in [0.05, 0.1) is 5.69 Å². The standard InChI is InChI=1S/C16H14FN3/c17-15-7-2-1-4-13(15)11-18-14-6-3-5-12(10-14)16-8-9-19-20-16/h1-10,18H,11H2,(H,19,20). The lowest BCUT2D eigenvalue weighted by Crippen LogP contribution is -2.01. The Morgan fingerprint density at radius 2 is 1.95 bits per heavy atom. The summed E-state index contributed by atoms with van der Waals surface area (Å²) in [4.78, 5) is 0. The van der Waals surface area contributed by atoms with E-state index in [-0.39, 0.29) is 5.82 Å². The highest BCUT2D eigenvalue weighted by Crippen LogP contribution is 2.21. The van der Waals surface area contributed by atoms with E-state index in [4.69, 9.17) is 0 Å². The first-order valence-electron chi connectivity index (χ1n) is 6.40. The fourth-order valence-electron chi connectivity index (χ4n) is 2.05. The molecule has 0 unspecified atom stereocenters. The number of aromatic amines is 1. The van der Waals surface area contributed by atoms with E-state index >= 15 is 0 Å². The zero-order valence-corrected chi connectivity index (χ0v) is 10.8. The van der Waals surface area contributed by atoms with Gasteiger partial charge in [0.1, 0.15) is 5.82 Å². The molecule has 3 rings (SSSR count). The molecule has 0 radical (unpaired) electrons. The van der Waals surface area contributed by atoms with E-state index in [1.807, 2.05) is 36.4 Å². The van der Waals surface area contributed by atoms with Gasteiger partial charge >= 0.3 is 0 Å². The number of hydrogen-bond acceptors (Lipinski definition) is 2. The maximum Gasteiger partial charge on any atom is 0.128 e. The number of H-pyrrole nitrogens is 1. The largest absolute Gasteiger partial charge is 0.381 e. The first kappa shape index (κ1) is 12.4. The van der Waals surface area contributed by atoms with Gasteiger partial charge in [-0.2, -0.15) is 5.10 Å².